The Labute approximate surface area is 110 Å². The zero-order valence-electron chi connectivity index (χ0n) is 8.62. The number of methoxy groups -OCH3 is 1. The van der Waals surface area contributed by atoms with E-state index in [1.807, 2.05) is 0 Å². The Balaban J connectivity index is 2.07. The number of halogens is 3. The molecule has 0 aromatic heterocycles. The third-order valence-electron chi connectivity index (χ3n) is 2.62. The van der Waals surface area contributed by atoms with Crippen LogP contribution in [0.15, 0.2) is 22.7 Å². The van der Waals surface area contributed by atoms with Crippen molar-refractivity contribution in [1.82, 2.24) is 0 Å². The van der Waals surface area contributed by atoms with Crippen molar-refractivity contribution in [3.05, 3.63) is 28.5 Å². The first-order chi connectivity index (χ1) is 7.61. The van der Waals surface area contributed by atoms with E-state index < -0.39 is 0 Å². The van der Waals surface area contributed by atoms with Crippen LogP contribution in [0.2, 0.25) is 0 Å². The van der Waals surface area contributed by atoms with Crippen molar-refractivity contribution in [3.63, 3.8) is 0 Å². The van der Waals surface area contributed by atoms with Gasteiger partial charge in [-0.3, -0.25) is 0 Å². The smallest absolute Gasteiger partial charge is 0.165 e. The zero-order chi connectivity index (χ0) is 11.7. The van der Waals surface area contributed by atoms with Gasteiger partial charge in [0.2, 0.25) is 0 Å². The fourth-order valence-corrected chi connectivity index (χ4v) is 2.94. The van der Waals surface area contributed by atoms with E-state index in [0.29, 0.717) is 0 Å². The normalized spacial score (nSPS) is 28.6. The lowest BCUT2D eigenvalue weighted by atomic mass is 9.91. The van der Waals surface area contributed by atoms with E-state index in [9.17, 15) is 4.39 Å². The van der Waals surface area contributed by atoms with Gasteiger partial charge >= 0.3 is 0 Å². The molecule has 16 heavy (non-hydrogen) atoms. The van der Waals surface area contributed by atoms with E-state index in [0.717, 1.165) is 10.9 Å². The lowest BCUT2D eigenvalue weighted by Crippen LogP contribution is -2.51. The molecule has 0 N–H and O–H groups in total. The Morgan fingerprint density at radius 1 is 1.44 bits per heavy atom. The van der Waals surface area contributed by atoms with Crippen LogP contribution in [-0.2, 0) is 4.74 Å². The summed E-state index contributed by atoms with van der Waals surface area (Å²) in [6.45, 7) is 0. The molecule has 1 aliphatic rings. The van der Waals surface area contributed by atoms with Crippen LogP contribution in [0.4, 0.5) is 4.39 Å². The van der Waals surface area contributed by atoms with E-state index in [1.165, 1.54) is 6.07 Å². The highest BCUT2D eigenvalue weighted by Crippen LogP contribution is 2.35. The SMILES string of the molecule is COC1C(Br)CC1Oc1cc(Br)ccc1F. The quantitative estimate of drug-likeness (QED) is 0.774. The molecule has 3 atom stereocenters. The number of hydrogen-bond donors (Lipinski definition) is 0. The van der Waals surface area contributed by atoms with Gasteiger partial charge < -0.3 is 9.47 Å². The van der Waals surface area contributed by atoms with Gasteiger partial charge in [-0.25, -0.2) is 4.39 Å². The summed E-state index contributed by atoms with van der Waals surface area (Å²) in [7, 11) is 1.63. The Bertz CT molecular complexity index is 386. The van der Waals surface area contributed by atoms with Crippen LogP contribution in [-0.4, -0.2) is 24.1 Å². The van der Waals surface area contributed by atoms with Gasteiger partial charge in [0.25, 0.3) is 0 Å². The first kappa shape index (κ1) is 12.3. The summed E-state index contributed by atoms with van der Waals surface area (Å²) in [5.74, 6) is -0.0862. The van der Waals surface area contributed by atoms with Gasteiger partial charge in [0.05, 0.1) is 0 Å². The summed E-state index contributed by atoms with van der Waals surface area (Å²) in [6, 6.07) is 4.65. The second-order valence-corrected chi connectivity index (χ2v) is 5.77. The molecule has 0 bridgehead atoms. The van der Waals surface area contributed by atoms with Gasteiger partial charge in [-0.05, 0) is 18.2 Å². The van der Waals surface area contributed by atoms with Crippen molar-refractivity contribution in [2.45, 2.75) is 23.5 Å². The average Bonchev–Trinajstić information content (AvgIpc) is 2.23. The number of ether oxygens (including phenoxy) is 2. The molecule has 5 heteroatoms. The lowest BCUT2D eigenvalue weighted by molar-refractivity contribution is -0.0558. The number of rotatable bonds is 3. The topological polar surface area (TPSA) is 18.5 Å². The van der Waals surface area contributed by atoms with Gasteiger partial charge in [-0.15, -0.1) is 0 Å². The van der Waals surface area contributed by atoms with Crippen LogP contribution in [0, 0.1) is 5.82 Å². The molecule has 0 spiro atoms. The monoisotopic (exact) mass is 352 g/mol. The van der Waals surface area contributed by atoms with E-state index in [1.54, 1.807) is 19.2 Å². The molecule has 0 amide bonds. The molecule has 1 fully saturated rings. The fourth-order valence-electron chi connectivity index (χ4n) is 1.67. The van der Waals surface area contributed by atoms with Crippen molar-refractivity contribution in [1.29, 1.82) is 0 Å². The highest BCUT2D eigenvalue weighted by molar-refractivity contribution is 9.10. The Morgan fingerprint density at radius 2 is 2.19 bits per heavy atom. The molecule has 2 nitrogen and oxygen atoms in total. The molecule has 1 aliphatic carbocycles. The maximum absolute atomic E-state index is 13.4. The second-order valence-electron chi connectivity index (χ2n) is 3.68. The third kappa shape index (κ3) is 2.41. The minimum absolute atomic E-state index is 0.0154. The summed E-state index contributed by atoms with van der Waals surface area (Å²) in [5.41, 5.74) is 0. The molecule has 3 unspecified atom stereocenters. The van der Waals surface area contributed by atoms with E-state index in [4.69, 9.17) is 9.47 Å². The highest BCUT2D eigenvalue weighted by atomic mass is 79.9. The van der Waals surface area contributed by atoms with Crippen LogP contribution in [0.3, 0.4) is 0 Å². The second kappa shape index (κ2) is 5.02. The molecule has 1 aromatic carbocycles. The summed E-state index contributed by atoms with van der Waals surface area (Å²) >= 11 is 6.75. The van der Waals surface area contributed by atoms with E-state index >= 15 is 0 Å². The van der Waals surface area contributed by atoms with Gasteiger partial charge in [0.15, 0.2) is 11.6 Å². The average molecular weight is 354 g/mol. The largest absolute Gasteiger partial charge is 0.485 e. The summed E-state index contributed by atoms with van der Waals surface area (Å²) in [5, 5.41) is 0. The molecule has 88 valence electrons. The van der Waals surface area contributed by atoms with Crippen LogP contribution < -0.4 is 4.74 Å². The Morgan fingerprint density at radius 3 is 2.81 bits per heavy atom. The molecule has 1 aromatic rings. The van der Waals surface area contributed by atoms with E-state index in [2.05, 4.69) is 31.9 Å². The molecule has 0 saturated heterocycles. The molecular weight excluding hydrogens is 343 g/mol. The molecule has 1 saturated carbocycles. The van der Waals surface area contributed by atoms with Crippen LogP contribution in [0.1, 0.15) is 6.42 Å². The molecule has 0 heterocycles. The summed E-state index contributed by atoms with van der Waals surface area (Å²) < 4.78 is 25.0. The number of benzene rings is 1. The van der Waals surface area contributed by atoms with E-state index in [-0.39, 0.29) is 28.6 Å². The number of alkyl halides is 1. The van der Waals surface area contributed by atoms with Crippen LogP contribution in [0.5, 0.6) is 5.75 Å². The van der Waals surface area contributed by atoms with Crippen LogP contribution in [0.25, 0.3) is 0 Å². The first-order valence-electron chi connectivity index (χ1n) is 4.90. The van der Waals surface area contributed by atoms with Crippen molar-refractivity contribution < 1.29 is 13.9 Å². The zero-order valence-corrected chi connectivity index (χ0v) is 11.8. The van der Waals surface area contributed by atoms with Crippen molar-refractivity contribution >= 4 is 31.9 Å². The summed E-state index contributed by atoms with van der Waals surface area (Å²) in [4.78, 5) is 0.290. The molecule has 2 rings (SSSR count). The predicted octanol–water partition coefficient (Wildman–Crippen LogP) is 3.52. The first-order valence-corrected chi connectivity index (χ1v) is 6.61. The summed E-state index contributed by atoms with van der Waals surface area (Å²) in [6.07, 6.45) is 0.723. The predicted molar refractivity (Wildman–Crippen MR) is 66.6 cm³/mol. The third-order valence-corrected chi connectivity index (χ3v) is 4.01. The molecule has 0 aliphatic heterocycles. The van der Waals surface area contributed by atoms with Gasteiger partial charge in [-0.2, -0.15) is 0 Å². The maximum atomic E-state index is 13.4. The molecule has 0 radical (unpaired) electrons. The fraction of sp³-hybridized carbons (Fsp3) is 0.455. The number of hydrogen-bond acceptors (Lipinski definition) is 2. The van der Waals surface area contributed by atoms with Crippen molar-refractivity contribution in [3.8, 4) is 5.75 Å². The molecular formula is C11H11Br2FO2. The van der Waals surface area contributed by atoms with Gasteiger partial charge in [0.1, 0.15) is 12.2 Å². The minimum Gasteiger partial charge on any atom is -0.485 e. The van der Waals surface area contributed by atoms with Crippen LogP contribution >= 0.6 is 31.9 Å². The van der Waals surface area contributed by atoms with Gasteiger partial charge in [-0.1, -0.05) is 31.9 Å². The standard InChI is InChI=1S/C11H11Br2FO2/c1-15-11-7(13)5-10(11)16-9-4-6(12)2-3-8(9)14/h2-4,7,10-11H,5H2,1H3. The lowest BCUT2D eigenvalue weighted by Gasteiger charge is -2.40. The van der Waals surface area contributed by atoms with Gasteiger partial charge in [0, 0.05) is 22.8 Å². The van der Waals surface area contributed by atoms with Crippen molar-refractivity contribution in [2.75, 3.05) is 7.11 Å². The van der Waals surface area contributed by atoms with Crippen molar-refractivity contribution in [2.24, 2.45) is 0 Å². The highest BCUT2D eigenvalue weighted by Gasteiger charge is 2.42. The minimum atomic E-state index is -0.351. The Hall–Kier alpha value is -0.130. The maximum Gasteiger partial charge on any atom is 0.165 e. The Kier molecular flexibility index (Phi) is 3.87.